The van der Waals surface area contributed by atoms with Crippen LogP contribution in [0.1, 0.15) is 69.1 Å². The van der Waals surface area contributed by atoms with Crippen LogP contribution in [0, 0.1) is 6.92 Å². The summed E-state index contributed by atoms with van der Waals surface area (Å²) in [6, 6.07) is 13.8. The van der Waals surface area contributed by atoms with Crippen LogP contribution in [0.25, 0.3) is 0 Å². The van der Waals surface area contributed by atoms with E-state index < -0.39 is 0 Å². The Balaban J connectivity index is 0.000000337. The molecule has 0 aromatic heterocycles. The van der Waals surface area contributed by atoms with Crippen molar-refractivity contribution in [3.63, 3.8) is 0 Å². The van der Waals surface area contributed by atoms with E-state index in [9.17, 15) is 4.79 Å². The Hall–Kier alpha value is -2.00. The predicted octanol–water partition coefficient (Wildman–Crippen LogP) is 6.36. The number of phenols is 1. The van der Waals surface area contributed by atoms with E-state index in [1.165, 1.54) is 36.8 Å². The standard InChI is InChI=1S/C16H25NO.C7H7ClO/c1-4-6-15(7-5-2)16-10-8-14(9-11-16)12-17-13(3)18;1-5-2-3-7(9)6(8)4-5/h8-11,15H,4-7,12H2,1-3H3,(H,17,18);2-4,9H,1H3. The van der Waals surface area contributed by atoms with Gasteiger partial charge in [-0.1, -0.05) is 68.6 Å². The highest BCUT2D eigenvalue weighted by atomic mass is 35.5. The van der Waals surface area contributed by atoms with Crippen molar-refractivity contribution in [1.82, 2.24) is 5.32 Å². The summed E-state index contributed by atoms with van der Waals surface area (Å²) in [5, 5.41) is 12.1. The number of aromatic hydroxyl groups is 1. The number of benzene rings is 2. The maximum atomic E-state index is 10.9. The molecule has 0 aliphatic heterocycles. The van der Waals surface area contributed by atoms with E-state index in [4.69, 9.17) is 16.7 Å². The minimum absolute atomic E-state index is 0.0221. The second kappa shape index (κ2) is 12.4. The first-order valence-electron chi connectivity index (χ1n) is 9.65. The molecule has 0 fully saturated rings. The Morgan fingerprint density at radius 3 is 2.11 bits per heavy atom. The summed E-state index contributed by atoms with van der Waals surface area (Å²) in [4.78, 5) is 10.9. The van der Waals surface area contributed by atoms with Crippen molar-refractivity contribution in [2.75, 3.05) is 0 Å². The molecule has 0 radical (unpaired) electrons. The van der Waals surface area contributed by atoms with Gasteiger partial charge in [-0.15, -0.1) is 0 Å². The molecule has 2 aromatic carbocycles. The number of nitrogens with one attached hydrogen (secondary N) is 1. The summed E-state index contributed by atoms with van der Waals surface area (Å²) in [5.41, 5.74) is 3.66. The normalized spacial score (nSPS) is 10.3. The number of aryl methyl sites for hydroxylation is 1. The fourth-order valence-corrected chi connectivity index (χ4v) is 3.16. The third-order valence-corrected chi connectivity index (χ3v) is 4.67. The van der Waals surface area contributed by atoms with Crippen molar-refractivity contribution in [2.45, 2.75) is 65.8 Å². The van der Waals surface area contributed by atoms with Gasteiger partial charge in [0, 0.05) is 13.5 Å². The van der Waals surface area contributed by atoms with Crippen LogP contribution in [-0.4, -0.2) is 11.0 Å². The van der Waals surface area contributed by atoms with E-state index in [1.54, 1.807) is 25.1 Å². The molecule has 0 saturated heterocycles. The van der Waals surface area contributed by atoms with Crippen LogP contribution in [0.5, 0.6) is 5.75 Å². The highest BCUT2D eigenvalue weighted by Gasteiger charge is 2.09. The molecule has 4 heteroatoms. The van der Waals surface area contributed by atoms with Crippen molar-refractivity contribution >= 4 is 17.5 Å². The summed E-state index contributed by atoms with van der Waals surface area (Å²) in [5.74, 6) is 0.853. The van der Waals surface area contributed by atoms with Crippen LogP contribution in [0.4, 0.5) is 0 Å². The van der Waals surface area contributed by atoms with Gasteiger partial charge in [0.2, 0.25) is 5.91 Å². The van der Waals surface area contributed by atoms with Gasteiger partial charge in [-0.05, 0) is 54.5 Å². The molecule has 0 atom stereocenters. The Kier molecular flexibility index (Phi) is 10.6. The fraction of sp³-hybridized carbons (Fsp3) is 0.435. The molecular weight excluding hydrogens is 358 g/mol. The van der Waals surface area contributed by atoms with Gasteiger partial charge < -0.3 is 10.4 Å². The summed E-state index contributed by atoms with van der Waals surface area (Å²) in [7, 11) is 0. The van der Waals surface area contributed by atoms with E-state index in [0.717, 1.165) is 5.56 Å². The largest absolute Gasteiger partial charge is 0.506 e. The second-order valence-corrected chi connectivity index (χ2v) is 7.29. The molecule has 0 unspecified atom stereocenters. The molecule has 0 saturated carbocycles. The minimum Gasteiger partial charge on any atom is -0.506 e. The number of hydrogen-bond acceptors (Lipinski definition) is 2. The van der Waals surface area contributed by atoms with Gasteiger partial charge in [-0.2, -0.15) is 0 Å². The second-order valence-electron chi connectivity index (χ2n) is 6.88. The summed E-state index contributed by atoms with van der Waals surface area (Å²) >= 11 is 5.56. The Morgan fingerprint density at radius 1 is 1.07 bits per heavy atom. The van der Waals surface area contributed by atoms with Gasteiger partial charge in [0.15, 0.2) is 0 Å². The molecule has 0 bridgehead atoms. The number of carbonyl (C=O) groups is 1. The van der Waals surface area contributed by atoms with Crippen LogP contribution in [0.3, 0.4) is 0 Å². The summed E-state index contributed by atoms with van der Waals surface area (Å²) < 4.78 is 0. The number of phenolic OH excluding ortho intramolecular Hbond substituents is 1. The molecule has 0 spiro atoms. The van der Waals surface area contributed by atoms with Gasteiger partial charge in [-0.3, -0.25) is 4.79 Å². The maximum Gasteiger partial charge on any atom is 0.217 e. The van der Waals surface area contributed by atoms with Gasteiger partial charge in [0.05, 0.1) is 5.02 Å². The first-order chi connectivity index (χ1) is 12.9. The average Bonchev–Trinajstić information content (AvgIpc) is 2.64. The zero-order valence-electron chi connectivity index (χ0n) is 16.9. The van der Waals surface area contributed by atoms with E-state index >= 15 is 0 Å². The van der Waals surface area contributed by atoms with Crippen molar-refractivity contribution in [1.29, 1.82) is 0 Å². The van der Waals surface area contributed by atoms with E-state index in [0.29, 0.717) is 17.5 Å². The quantitative estimate of drug-likeness (QED) is 0.578. The number of halogens is 1. The molecular formula is C23H32ClNO2. The van der Waals surface area contributed by atoms with Crippen LogP contribution in [-0.2, 0) is 11.3 Å². The molecule has 27 heavy (non-hydrogen) atoms. The SMILES string of the molecule is CCCC(CCC)c1ccc(CNC(C)=O)cc1.Cc1ccc(O)c(Cl)c1. The van der Waals surface area contributed by atoms with Crippen LogP contribution >= 0.6 is 11.6 Å². The van der Waals surface area contributed by atoms with Crippen LogP contribution in [0.2, 0.25) is 5.02 Å². The highest BCUT2D eigenvalue weighted by Crippen LogP contribution is 2.26. The molecule has 2 rings (SSSR count). The zero-order chi connectivity index (χ0) is 20.2. The Bertz CT molecular complexity index is 692. The van der Waals surface area contributed by atoms with Gasteiger partial charge in [0.25, 0.3) is 0 Å². The van der Waals surface area contributed by atoms with Crippen molar-refractivity contribution in [2.24, 2.45) is 0 Å². The average molecular weight is 390 g/mol. The van der Waals surface area contributed by atoms with Crippen LogP contribution < -0.4 is 5.32 Å². The fourth-order valence-electron chi connectivity index (χ4n) is 2.92. The highest BCUT2D eigenvalue weighted by molar-refractivity contribution is 6.32. The Morgan fingerprint density at radius 2 is 1.67 bits per heavy atom. The van der Waals surface area contributed by atoms with Crippen molar-refractivity contribution in [3.8, 4) is 5.75 Å². The Labute approximate surface area is 168 Å². The lowest BCUT2D eigenvalue weighted by Crippen LogP contribution is -2.18. The smallest absolute Gasteiger partial charge is 0.217 e. The zero-order valence-corrected chi connectivity index (χ0v) is 17.6. The first-order valence-corrected chi connectivity index (χ1v) is 10.0. The topological polar surface area (TPSA) is 49.3 Å². The third-order valence-electron chi connectivity index (χ3n) is 4.37. The summed E-state index contributed by atoms with van der Waals surface area (Å²) in [6.45, 7) is 8.58. The first kappa shape index (κ1) is 23.0. The summed E-state index contributed by atoms with van der Waals surface area (Å²) in [6.07, 6.45) is 4.99. The maximum absolute atomic E-state index is 10.9. The molecule has 3 nitrogen and oxygen atoms in total. The number of hydrogen-bond donors (Lipinski definition) is 2. The third kappa shape index (κ3) is 8.96. The van der Waals surface area contributed by atoms with E-state index in [2.05, 4.69) is 43.4 Å². The van der Waals surface area contributed by atoms with E-state index in [-0.39, 0.29) is 11.7 Å². The molecule has 1 amide bonds. The van der Waals surface area contributed by atoms with Crippen molar-refractivity contribution in [3.05, 3.63) is 64.2 Å². The molecule has 2 aromatic rings. The number of carbonyl (C=O) groups excluding carboxylic acids is 1. The molecule has 2 N–H and O–H groups in total. The number of amides is 1. The van der Waals surface area contributed by atoms with Crippen LogP contribution in [0.15, 0.2) is 42.5 Å². The van der Waals surface area contributed by atoms with Gasteiger partial charge in [-0.25, -0.2) is 0 Å². The number of rotatable bonds is 7. The van der Waals surface area contributed by atoms with Crippen molar-refractivity contribution < 1.29 is 9.90 Å². The molecule has 148 valence electrons. The predicted molar refractivity (Wildman–Crippen MR) is 114 cm³/mol. The lowest BCUT2D eigenvalue weighted by molar-refractivity contribution is -0.119. The monoisotopic (exact) mass is 389 g/mol. The molecule has 0 aliphatic rings. The molecule has 0 heterocycles. The lowest BCUT2D eigenvalue weighted by Gasteiger charge is -2.16. The minimum atomic E-state index is 0.0221. The van der Waals surface area contributed by atoms with Gasteiger partial charge >= 0.3 is 0 Å². The lowest BCUT2D eigenvalue weighted by atomic mass is 9.90. The van der Waals surface area contributed by atoms with Gasteiger partial charge in [0.1, 0.15) is 5.75 Å². The molecule has 0 aliphatic carbocycles. The van der Waals surface area contributed by atoms with E-state index in [1.807, 2.05) is 6.92 Å².